The van der Waals surface area contributed by atoms with Gasteiger partial charge in [0.15, 0.2) is 5.17 Å². The molecule has 2 heterocycles. The number of aromatic nitrogens is 1. The van der Waals surface area contributed by atoms with Crippen LogP contribution in [0.25, 0.3) is 11.8 Å². The summed E-state index contributed by atoms with van der Waals surface area (Å²) in [6.45, 7) is 10.9. The Morgan fingerprint density at radius 1 is 0.944 bits per heavy atom. The molecule has 3 aromatic rings. The Balaban J connectivity index is 1.56. The number of aliphatic imine (C=N–C) groups is 1. The third-order valence-electron chi connectivity index (χ3n) is 7.64. The number of amidine groups is 1. The van der Waals surface area contributed by atoms with Crippen LogP contribution in [0.5, 0.6) is 0 Å². The van der Waals surface area contributed by atoms with Crippen molar-refractivity contribution >= 4 is 34.6 Å². The first-order valence-corrected chi connectivity index (χ1v) is 13.8. The van der Waals surface area contributed by atoms with Crippen LogP contribution < -0.4 is 0 Å². The number of nitrogens with zero attached hydrogens (tertiary/aromatic N) is 3. The highest BCUT2D eigenvalue weighted by Crippen LogP contribution is 2.40. The lowest BCUT2D eigenvalue weighted by Crippen LogP contribution is -2.44. The lowest BCUT2D eigenvalue weighted by atomic mass is 9.85. The predicted octanol–water partition coefficient (Wildman–Crippen LogP) is 7.89. The molecule has 0 bridgehead atoms. The molecule has 2 aliphatic rings. The van der Waals surface area contributed by atoms with Crippen LogP contribution in [-0.2, 0) is 4.79 Å². The van der Waals surface area contributed by atoms with Crippen molar-refractivity contribution < 1.29 is 4.79 Å². The van der Waals surface area contributed by atoms with Crippen LogP contribution in [0.3, 0.4) is 0 Å². The number of rotatable bonds is 4. The normalized spacial score (nSPS) is 22.7. The first kappa shape index (κ1) is 24.6. The van der Waals surface area contributed by atoms with Gasteiger partial charge in [0, 0.05) is 17.4 Å². The first-order chi connectivity index (χ1) is 17.3. The van der Waals surface area contributed by atoms with Gasteiger partial charge in [-0.1, -0.05) is 56.2 Å². The first-order valence-electron chi connectivity index (χ1n) is 13.0. The summed E-state index contributed by atoms with van der Waals surface area (Å²) in [5.41, 5.74) is 8.01. The monoisotopic (exact) mass is 497 g/mol. The Morgan fingerprint density at radius 2 is 1.64 bits per heavy atom. The molecule has 0 spiro atoms. The minimum Gasteiger partial charge on any atom is -0.317 e. The van der Waals surface area contributed by atoms with Crippen LogP contribution in [0, 0.1) is 33.6 Å². The fourth-order valence-corrected chi connectivity index (χ4v) is 6.76. The second-order valence-corrected chi connectivity index (χ2v) is 11.3. The van der Waals surface area contributed by atoms with Gasteiger partial charge in [0.05, 0.1) is 16.3 Å². The van der Waals surface area contributed by atoms with Gasteiger partial charge in [-0.3, -0.25) is 9.69 Å². The Labute approximate surface area is 219 Å². The smallest absolute Gasteiger partial charge is 0.267 e. The van der Waals surface area contributed by atoms with Gasteiger partial charge in [0.2, 0.25) is 0 Å². The van der Waals surface area contributed by atoms with E-state index in [1.54, 1.807) is 0 Å². The second kappa shape index (κ2) is 10.1. The van der Waals surface area contributed by atoms with Crippen molar-refractivity contribution in [2.75, 3.05) is 0 Å². The van der Waals surface area contributed by atoms with Crippen LogP contribution in [-0.4, -0.2) is 26.6 Å². The molecule has 0 N–H and O–H groups in total. The van der Waals surface area contributed by atoms with Gasteiger partial charge in [0.1, 0.15) is 0 Å². The van der Waals surface area contributed by atoms with Gasteiger partial charge in [-0.25, -0.2) is 4.99 Å². The van der Waals surface area contributed by atoms with E-state index in [0.29, 0.717) is 5.92 Å². The van der Waals surface area contributed by atoms with Gasteiger partial charge in [-0.05, 0) is 99.2 Å². The molecule has 2 aromatic carbocycles. The number of thioether (sulfide) groups is 1. The number of benzene rings is 2. The van der Waals surface area contributed by atoms with Gasteiger partial charge < -0.3 is 4.57 Å². The van der Waals surface area contributed by atoms with Crippen LogP contribution >= 0.6 is 11.8 Å². The molecule has 1 aliphatic heterocycles. The summed E-state index contributed by atoms with van der Waals surface area (Å²) in [6.07, 6.45) is 6.68. The Morgan fingerprint density at radius 3 is 2.33 bits per heavy atom. The molecule has 0 radical (unpaired) electrons. The van der Waals surface area contributed by atoms with Crippen molar-refractivity contribution in [1.82, 2.24) is 9.47 Å². The number of para-hydroxylation sites is 2. The molecule has 5 heteroatoms. The highest BCUT2D eigenvalue weighted by atomic mass is 32.2. The summed E-state index contributed by atoms with van der Waals surface area (Å²) in [6, 6.07) is 18.8. The maximum Gasteiger partial charge on any atom is 0.267 e. The quantitative estimate of drug-likeness (QED) is 0.344. The van der Waals surface area contributed by atoms with Gasteiger partial charge >= 0.3 is 0 Å². The summed E-state index contributed by atoms with van der Waals surface area (Å²) >= 11 is 1.52. The van der Waals surface area contributed by atoms with E-state index in [1.807, 2.05) is 35.2 Å². The highest BCUT2D eigenvalue weighted by molar-refractivity contribution is 8.18. The third-order valence-corrected chi connectivity index (χ3v) is 8.62. The summed E-state index contributed by atoms with van der Waals surface area (Å²) in [5.74, 6) is 0.558. The molecule has 1 saturated heterocycles. The molecular weight excluding hydrogens is 462 g/mol. The van der Waals surface area contributed by atoms with E-state index in [9.17, 15) is 4.79 Å². The SMILES string of the molecule is Cc1cccc(C)c1-n1c(C)cc(/C=C2\SC(=Nc3ccccc3)N([C@@H]3CCCC[C@H]3C)C2=O)c1C. The van der Waals surface area contributed by atoms with E-state index in [1.165, 1.54) is 40.7 Å². The lowest BCUT2D eigenvalue weighted by molar-refractivity contribution is -0.124. The number of hydrogen-bond donors (Lipinski definition) is 0. The third kappa shape index (κ3) is 4.57. The molecule has 1 aliphatic carbocycles. The zero-order valence-corrected chi connectivity index (χ0v) is 22.7. The molecule has 1 saturated carbocycles. The average Bonchev–Trinajstić information content (AvgIpc) is 3.30. The van der Waals surface area contributed by atoms with Crippen LogP contribution in [0.2, 0.25) is 0 Å². The summed E-state index contributed by atoms with van der Waals surface area (Å²) < 4.78 is 2.32. The van der Waals surface area contributed by atoms with Crippen molar-refractivity contribution in [3.63, 3.8) is 0 Å². The summed E-state index contributed by atoms with van der Waals surface area (Å²) in [4.78, 5) is 21.6. The number of amides is 1. The average molecular weight is 498 g/mol. The minimum absolute atomic E-state index is 0.0882. The Hall–Kier alpha value is -3.05. The van der Waals surface area contributed by atoms with Crippen molar-refractivity contribution in [2.45, 2.75) is 66.3 Å². The number of hydrogen-bond acceptors (Lipinski definition) is 3. The Bertz CT molecular complexity index is 1330. The molecule has 0 unspecified atom stereocenters. The molecule has 5 rings (SSSR count). The molecule has 1 aromatic heterocycles. The van der Waals surface area contributed by atoms with Crippen molar-refractivity contribution in [3.8, 4) is 5.69 Å². The Kier molecular flexibility index (Phi) is 6.94. The number of carbonyl (C=O) groups is 1. The lowest BCUT2D eigenvalue weighted by Gasteiger charge is -2.35. The number of carbonyl (C=O) groups excluding carboxylic acids is 1. The van der Waals surface area contributed by atoms with Crippen LogP contribution in [0.4, 0.5) is 5.69 Å². The zero-order chi connectivity index (χ0) is 25.4. The molecule has 1 amide bonds. The largest absolute Gasteiger partial charge is 0.317 e. The molecule has 186 valence electrons. The van der Waals surface area contributed by atoms with E-state index >= 15 is 0 Å². The standard InChI is InChI=1S/C31H35N3OS/c1-20-12-9-10-17-27(20)34-30(35)28(36-31(34)32-26-15-7-6-8-16-26)19-25-18-23(4)33(24(25)5)29-21(2)13-11-14-22(29)3/h6-8,11,13-16,18-20,27H,9-10,12,17H2,1-5H3/b28-19-,32-31?/t20-,27-/m1/s1. The maximum absolute atomic E-state index is 13.9. The fraction of sp³-hybridized carbons (Fsp3) is 0.355. The molecule has 2 atom stereocenters. The van der Waals surface area contributed by atoms with Gasteiger partial charge in [0.25, 0.3) is 5.91 Å². The molecule has 2 fully saturated rings. The van der Waals surface area contributed by atoms with E-state index in [-0.39, 0.29) is 11.9 Å². The highest BCUT2D eigenvalue weighted by Gasteiger charge is 2.41. The van der Waals surface area contributed by atoms with Crippen molar-refractivity contribution in [3.05, 3.63) is 87.6 Å². The fourth-order valence-electron chi connectivity index (χ4n) is 5.73. The van der Waals surface area contributed by atoms with Crippen molar-refractivity contribution in [1.29, 1.82) is 0 Å². The van der Waals surface area contributed by atoms with Crippen molar-refractivity contribution in [2.24, 2.45) is 10.9 Å². The van der Waals surface area contributed by atoms with Crippen LogP contribution in [0.1, 0.15) is 60.7 Å². The molecule has 36 heavy (non-hydrogen) atoms. The van der Waals surface area contributed by atoms with E-state index in [2.05, 4.69) is 69.5 Å². The topological polar surface area (TPSA) is 37.6 Å². The molecular formula is C31H35N3OS. The molecule has 4 nitrogen and oxygen atoms in total. The number of aryl methyl sites for hydroxylation is 3. The summed E-state index contributed by atoms with van der Waals surface area (Å²) in [7, 11) is 0. The van der Waals surface area contributed by atoms with E-state index in [4.69, 9.17) is 4.99 Å². The van der Waals surface area contributed by atoms with E-state index < -0.39 is 0 Å². The second-order valence-electron chi connectivity index (χ2n) is 10.2. The van der Waals surface area contributed by atoms with Gasteiger partial charge in [-0.2, -0.15) is 0 Å². The summed E-state index contributed by atoms with van der Waals surface area (Å²) in [5, 5.41) is 0.805. The minimum atomic E-state index is 0.0882. The zero-order valence-electron chi connectivity index (χ0n) is 21.9. The maximum atomic E-state index is 13.9. The van der Waals surface area contributed by atoms with Gasteiger partial charge in [-0.15, -0.1) is 0 Å². The van der Waals surface area contributed by atoms with E-state index in [0.717, 1.165) is 46.3 Å². The van der Waals surface area contributed by atoms with Crippen LogP contribution in [0.15, 0.2) is 64.5 Å². The predicted molar refractivity (Wildman–Crippen MR) is 152 cm³/mol.